The number of benzene rings is 1. The van der Waals surface area contributed by atoms with E-state index in [-0.39, 0.29) is 6.61 Å². The van der Waals surface area contributed by atoms with Gasteiger partial charge in [-0.3, -0.25) is 4.79 Å². The lowest BCUT2D eigenvalue weighted by atomic mass is 10.1. The van der Waals surface area contributed by atoms with Gasteiger partial charge in [0.15, 0.2) is 0 Å². The van der Waals surface area contributed by atoms with Gasteiger partial charge >= 0.3 is 6.09 Å². The lowest BCUT2D eigenvalue weighted by Crippen LogP contribution is -2.36. The molecule has 2 atom stereocenters. The third-order valence-corrected chi connectivity index (χ3v) is 3.42. The van der Waals surface area contributed by atoms with E-state index in [0.717, 1.165) is 4.90 Å². The lowest BCUT2D eigenvalue weighted by molar-refractivity contribution is -0.132. The number of alkyl halides is 2. The van der Waals surface area contributed by atoms with Crippen LogP contribution in [0.15, 0.2) is 30.3 Å². The van der Waals surface area contributed by atoms with E-state index in [2.05, 4.69) is 0 Å². The van der Waals surface area contributed by atoms with Crippen molar-refractivity contribution in [2.24, 2.45) is 5.92 Å². The van der Waals surface area contributed by atoms with Crippen LogP contribution < -0.4 is 0 Å². The summed E-state index contributed by atoms with van der Waals surface area (Å²) in [5, 5.41) is 0. The molecule has 19 heavy (non-hydrogen) atoms. The van der Waals surface area contributed by atoms with Gasteiger partial charge in [-0.05, 0) is 5.56 Å². The number of cyclic esters (lactones) is 1. The summed E-state index contributed by atoms with van der Waals surface area (Å²) in [5.74, 6) is -5.22. The molecule has 0 bridgehead atoms. The Morgan fingerprint density at radius 2 is 1.95 bits per heavy atom. The van der Waals surface area contributed by atoms with Crippen LogP contribution in [0.2, 0.25) is 0 Å². The lowest BCUT2D eigenvalue weighted by Gasteiger charge is -2.19. The van der Waals surface area contributed by atoms with Gasteiger partial charge in [0.2, 0.25) is 5.91 Å². The quantitative estimate of drug-likeness (QED) is 0.826. The van der Waals surface area contributed by atoms with Crippen molar-refractivity contribution < 1.29 is 23.1 Å². The normalized spacial score (nSPS) is 28.1. The molecule has 3 rings (SSSR count). The SMILES string of the molecule is O=C1OC[C@@H](c2ccccc2)N1C(=O)[C@H]1CC1(F)F. The molecule has 1 saturated carbocycles. The van der Waals surface area contributed by atoms with Crippen molar-refractivity contribution in [2.75, 3.05) is 6.61 Å². The molecule has 100 valence electrons. The number of carbonyl (C=O) groups excluding carboxylic acids is 2. The molecule has 6 heteroatoms. The highest BCUT2D eigenvalue weighted by Crippen LogP contribution is 2.50. The molecule has 2 aliphatic rings. The summed E-state index contributed by atoms with van der Waals surface area (Å²) in [6.45, 7) is 0.00682. The van der Waals surface area contributed by atoms with E-state index >= 15 is 0 Å². The smallest absolute Gasteiger partial charge is 0.417 e. The summed E-state index contributed by atoms with van der Waals surface area (Å²) >= 11 is 0. The van der Waals surface area contributed by atoms with Crippen LogP contribution in [0.1, 0.15) is 18.0 Å². The van der Waals surface area contributed by atoms with Crippen LogP contribution in [0.4, 0.5) is 13.6 Å². The Kier molecular flexibility index (Phi) is 2.55. The van der Waals surface area contributed by atoms with Crippen LogP contribution in [0.5, 0.6) is 0 Å². The van der Waals surface area contributed by atoms with Crippen LogP contribution >= 0.6 is 0 Å². The second-order valence-corrected chi connectivity index (χ2v) is 4.73. The molecule has 2 fully saturated rings. The van der Waals surface area contributed by atoms with Gasteiger partial charge in [-0.25, -0.2) is 18.5 Å². The topological polar surface area (TPSA) is 46.6 Å². The van der Waals surface area contributed by atoms with E-state index < -0.39 is 36.3 Å². The molecule has 2 amide bonds. The zero-order chi connectivity index (χ0) is 13.6. The number of carbonyl (C=O) groups is 2. The Hall–Kier alpha value is -1.98. The maximum absolute atomic E-state index is 13.0. The van der Waals surface area contributed by atoms with Gasteiger partial charge in [0, 0.05) is 6.42 Å². The fraction of sp³-hybridized carbons (Fsp3) is 0.385. The number of imide groups is 1. The largest absolute Gasteiger partial charge is 0.446 e. The monoisotopic (exact) mass is 267 g/mol. The highest BCUT2D eigenvalue weighted by Gasteiger charge is 2.64. The number of halogens is 2. The Labute approximate surface area is 108 Å². The van der Waals surface area contributed by atoms with E-state index in [4.69, 9.17) is 4.74 Å². The first kappa shape index (κ1) is 12.1. The fourth-order valence-corrected chi connectivity index (χ4v) is 2.23. The summed E-state index contributed by atoms with van der Waals surface area (Å²) in [7, 11) is 0. The predicted molar refractivity (Wildman–Crippen MR) is 60.4 cm³/mol. The Morgan fingerprint density at radius 1 is 1.32 bits per heavy atom. The second-order valence-electron chi connectivity index (χ2n) is 4.73. The highest BCUT2D eigenvalue weighted by molar-refractivity contribution is 5.96. The number of amides is 2. The Bertz CT molecular complexity index is 532. The molecule has 0 radical (unpaired) electrons. The molecule has 1 aliphatic carbocycles. The summed E-state index contributed by atoms with van der Waals surface area (Å²) in [4.78, 5) is 24.4. The van der Waals surface area contributed by atoms with Crippen molar-refractivity contribution in [1.29, 1.82) is 0 Å². The maximum Gasteiger partial charge on any atom is 0.417 e. The van der Waals surface area contributed by atoms with Gasteiger partial charge < -0.3 is 4.74 Å². The third-order valence-electron chi connectivity index (χ3n) is 3.42. The fourth-order valence-electron chi connectivity index (χ4n) is 2.23. The van der Waals surface area contributed by atoms with E-state index in [1.54, 1.807) is 30.3 Å². The van der Waals surface area contributed by atoms with Crippen molar-refractivity contribution in [3.05, 3.63) is 35.9 Å². The second kappa shape index (κ2) is 4.01. The van der Waals surface area contributed by atoms with E-state index in [1.165, 1.54) is 0 Å². The molecular formula is C13H11F2NO3. The number of hydrogen-bond donors (Lipinski definition) is 0. The first-order chi connectivity index (χ1) is 9.00. The van der Waals surface area contributed by atoms with Crippen LogP contribution in [-0.2, 0) is 9.53 Å². The summed E-state index contributed by atoms with van der Waals surface area (Å²) in [5.41, 5.74) is 0.700. The number of nitrogens with zero attached hydrogens (tertiary/aromatic N) is 1. The van der Waals surface area contributed by atoms with Crippen LogP contribution in [0, 0.1) is 5.92 Å². The van der Waals surface area contributed by atoms with Crippen molar-refractivity contribution in [2.45, 2.75) is 18.4 Å². The molecule has 4 nitrogen and oxygen atoms in total. The van der Waals surface area contributed by atoms with Gasteiger partial charge in [0.1, 0.15) is 18.6 Å². The predicted octanol–water partition coefficient (Wildman–Crippen LogP) is 2.36. The number of rotatable bonds is 2. The molecule has 1 heterocycles. The first-order valence-electron chi connectivity index (χ1n) is 5.93. The summed E-state index contributed by atoms with van der Waals surface area (Å²) in [6.07, 6.45) is -1.33. The first-order valence-corrected chi connectivity index (χ1v) is 5.93. The van der Waals surface area contributed by atoms with Crippen molar-refractivity contribution in [3.8, 4) is 0 Å². The molecule has 1 aromatic carbocycles. The van der Waals surface area contributed by atoms with Crippen LogP contribution in [0.3, 0.4) is 0 Å². The van der Waals surface area contributed by atoms with Crippen molar-refractivity contribution in [3.63, 3.8) is 0 Å². The minimum atomic E-state index is -2.98. The zero-order valence-corrected chi connectivity index (χ0v) is 9.88. The molecule has 0 N–H and O–H groups in total. The van der Waals surface area contributed by atoms with Gasteiger partial charge in [-0.1, -0.05) is 30.3 Å². The van der Waals surface area contributed by atoms with E-state index in [9.17, 15) is 18.4 Å². The minimum Gasteiger partial charge on any atom is -0.446 e. The minimum absolute atomic E-state index is 0.00682. The molecule has 1 aliphatic heterocycles. The average Bonchev–Trinajstić information content (AvgIpc) is 2.86. The van der Waals surface area contributed by atoms with E-state index in [0.29, 0.717) is 5.56 Å². The van der Waals surface area contributed by atoms with Gasteiger partial charge in [-0.2, -0.15) is 0 Å². The molecule has 0 aromatic heterocycles. The molecular weight excluding hydrogens is 256 g/mol. The van der Waals surface area contributed by atoms with Crippen molar-refractivity contribution >= 4 is 12.0 Å². The molecule has 1 aromatic rings. The summed E-state index contributed by atoms with van der Waals surface area (Å²) < 4.78 is 30.7. The number of ether oxygens (including phenoxy) is 1. The zero-order valence-electron chi connectivity index (χ0n) is 9.88. The standard InChI is InChI=1S/C13H11F2NO3/c14-13(15)6-9(13)11(17)16-10(7-19-12(16)18)8-4-2-1-3-5-8/h1-5,9-10H,6-7H2/t9-,10+/m1/s1. The Balaban J connectivity index is 1.86. The molecule has 0 unspecified atom stereocenters. The van der Waals surface area contributed by atoms with E-state index in [1.807, 2.05) is 0 Å². The highest BCUT2D eigenvalue weighted by atomic mass is 19.3. The summed E-state index contributed by atoms with van der Waals surface area (Å²) in [6, 6.07) is 8.16. The van der Waals surface area contributed by atoms with Gasteiger partial charge in [0.25, 0.3) is 5.92 Å². The van der Waals surface area contributed by atoms with Gasteiger partial charge in [0.05, 0.1) is 0 Å². The van der Waals surface area contributed by atoms with Crippen LogP contribution in [-0.4, -0.2) is 29.4 Å². The van der Waals surface area contributed by atoms with Gasteiger partial charge in [-0.15, -0.1) is 0 Å². The average molecular weight is 267 g/mol. The maximum atomic E-state index is 13.0. The third kappa shape index (κ3) is 1.97. The molecule has 1 saturated heterocycles. The Morgan fingerprint density at radius 3 is 2.53 bits per heavy atom. The van der Waals surface area contributed by atoms with Crippen molar-refractivity contribution in [1.82, 2.24) is 4.90 Å². The molecule has 0 spiro atoms. The number of hydrogen-bond acceptors (Lipinski definition) is 3. The van der Waals surface area contributed by atoms with Crippen LogP contribution in [0.25, 0.3) is 0 Å².